The first-order valence-electron chi connectivity index (χ1n) is 4.98. The van der Waals surface area contributed by atoms with Gasteiger partial charge in [0.25, 0.3) is 0 Å². The van der Waals surface area contributed by atoms with Gasteiger partial charge >= 0.3 is 0 Å². The average Bonchev–Trinajstić information content (AvgIpc) is 2.29. The third-order valence-corrected chi connectivity index (χ3v) is 2.64. The number of fused-ring (bicyclic) bond motifs is 1. The van der Waals surface area contributed by atoms with E-state index in [2.05, 4.69) is 4.98 Å². The normalized spacial score (nSPS) is 12.3. The summed E-state index contributed by atoms with van der Waals surface area (Å²) in [5, 5.41) is 0.966. The lowest BCUT2D eigenvalue weighted by atomic mass is 10.2. The molecule has 0 aliphatic rings. The highest BCUT2D eigenvalue weighted by molar-refractivity contribution is 7.80. The van der Waals surface area contributed by atoms with Gasteiger partial charge in [0.1, 0.15) is 16.8 Å². The van der Waals surface area contributed by atoms with Gasteiger partial charge in [-0.2, -0.15) is 0 Å². The lowest BCUT2D eigenvalue weighted by Gasteiger charge is -2.14. The molecule has 1 aromatic heterocycles. The van der Waals surface area contributed by atoms with Crippen molar-refractivity contribution >= 4 is 28.1 Å². The first-order valence-corrected chi connectivity index (χ1v) is 5.39. The van der Waals surface area contributed by atoms with Crippen molar-refractivity contribution in [2.75, 3.05) is 0 Å². The number of benzene rings is 1. The number of thiocarbonyl (C=S) groups is 1. The zero-order chi connectivity index (χ0) is 11.5. The van der Waals surface area contributed by atoms with E-state index in [9.17, 15) is 0 Å². The molecule has 1 aromatic carbocycles. The van der Waals surface area contributed by atoms with E-state index in [4.69, 9.17) is 22.7 Å². The predicted molar refractivity (Wildman–Crippen MR) is 68.6 cm³/mol. The van der Waals surface area contributed by atoms with Crippen LogP contribution in [0.2, 0.25) is 0 Å². The van der Waals surface area contributed by atoms with Crippen LogP contribution >= 0.6 is 12.2 Å². The Bertz CT molecular complexity index is 522. The summed E-state index contributed by atoms with van der Waals surface area (Å²) in [7, 11) is 0. The monoisotopic (exact) mass is 232 g/mol. The lowest BCUT2D eigenvalue weighted by molar-refractivity contribution is 0.292. The number of pyridine rings is 1. The first kappa shape index (κ1) is 10.8. The second-order valence-corrected chi connectivity index (χ2v) is 3.96. The van der Waals surface area contributed by atoms with Crippen LogP contribution in [0, 0.1) is 0 Å². The van der Waals surface area contributed by atoms with E-state index in [1.807, 2.05) is 37.3 Å². The Morgan fingerprint density at radius 2 is 2.19 bits per heavy atom. The molecule has 0 aliphatic heterocycles. The summed E-state index contributed by atoms with van der Waals surface area (Å²) < 4.78 is 5.68. The SMILES string of the molecule is CC(Oc1cccc2ncccc12)C(N)=S. The highest BCUT2D eigenvalue weighted by Crippen LogP contribution is 2.24. The molecule has 1 atom stereocenters. The molecule has 2 aromatic rings. The molecule has 0 saturated carbocycles. The van der Waals surface area contributed by atoms with Crippen LogP contribution in [-0.2, 0) is 0 Å². The summed E-state index contributed by atoms with van der Waals surface area (Å²) in [4.78, 5) is 4.60. The molecule has 0 saturated heterocycles. The largest absolute Gasteiger partial charge is 0.483 e. The highest BCUT2D eigenvalue weighted by Gasteiger charge is 2.09. The summed E-state index contributed by atoms with van der Waals surface area (Å²) >= 11 is 4.88. The predicted octanol–water partition coefficient (Wildman–Crippen LogP) is 2.29. The molecule has 0 radical (unpaired) electrons. The van der Waals surface area contributed by atoms with Gasteiger partial charge in [0.15, 0.2) is 0 Å². The van der Waals surface area contributed by atoms with Crippen molar-refractivity contribution in [1.82, 2.24) is 4.98 Å². The molecule has 0 bridgehead atoms. The van der Waals surface area contributed by atoms with Gasteiger partial charge in [-0.05, 0) is 31.2 Å². The first-order chi connectivity index (χ1) is 7.68. The van der Waals surface area contributed by atoms with Gasteiger partial charge < -0.3 is 10.5 Å². The van der Waals surface area contributed by atoms with Crippen LogP contribution in [0.25, 0.3) is 10.9 Å². The molecule has 82 valence electrons. The number of ether oxygens (including phenoxy) is 1. The number of aromatic nitrogens is 1. The van der Waals surface area contributed by atoms with Crippen molar-refractivity contribution in [3.05, 3.63) is 36.5 Å². The molecule has 1 unspecified atom stereocenters. The maximum absolute atomic E-state index is 5.68. The third-order valence-electron chi connectivity index (χ3n) is 2.31. The van der Waals surface area contributed by atoms with Crippen LogP contribution in [0.5, 0.6) is 5.75 Å². The van der Waals surface area contributed by atoms with E-state index in [1.54, 1.807) is 6.20 Å². The van der Waals surface area contributed by atoms with Crippen molar-refractivity contribution in [3.8, 4) is 5.75 Å². The topological polar surface area (TPSA) is 48.1 Å². The molecular weight excluding hydrogens is 220 g/mol. The molecule has 0 spiro atoms. The third kappa shape index (κ3) is 2.12. The van der Waals surface area contributed by atoms with Crippen LogP contribution in [0.3, 0.4) is 0 Å². The summed E-state index contributed by atoms with van der Waals surface area (Å²) in [5.74, 6) is 0.755. The minimum Gasteiger partial charge on any atom is -0.483 e. The van der Waals surface area contributed by atoms with E-state index in [-0.39, 0.29) is 6.10 Å². The Morgan fingerprint density at radius 1 is 1.38 bits per heavy atom. The van der Waals surface area contributed by atoms with E-state index in [1.165, 1.54) is 0 Å². The summed E-state index contributed by atoms with van der Waals surface area (Å²) in [6, 6.07) is 9.56. The minimum absolute atomic E-state index is 0.277. The lowest BCUT2D eigenvalue weighted by Crippen LogP contribution is -2.28. The van der Waals surface area contributed by atoms with Gasteiger partial charge in [0, 0.05) is 11.6 Å². The van der Waals surface area contributed by atoms with Crippen LogP contribution in [0.1, 0.15) is 6.92 Å². The van der Waals surface area contributed by atoms with Crippen molar-refractivity contribution in [2.45, 2.75) is 13.0 Å². The number of nitrogens with zero attached hydrogens (tertiary/aromatic N) is 1. The summed E-state index contributed by atoms with van der Waals surface area (Å²) in [5.41, 5.74) is 6.42. The smallest absolute Gasteiger partial charge is 0.145 e. The Labute approximate surface area is 99.2 Å². The fraction of sp³-hybridized carbons (Fsp3) is 0.167. The maximum atomic E-state index is 5.68. The van der Waals surface area contributed by atoms with Crippen LogP contribution in [-0.4, -0.2) is 16.1 Å². The molecule has 4 heteroatoms. The number of hydrogen-bond donors (Lipinski definition) is 1. The Morgan fingerprint density at radius 3 is 2.94 bits per heavy atom. The van der Waals surface area contributed by atoms with Gasteiger partial charge in [-0.1, -0.05) is 18.3 Å². The van der Waals surface area contributed by atoms with Gasteiger partial charge in [-0.3, -0.25) is 4.98 Å². The van der Waals surface area contributed by atoms with Crippen molar-refractivity contribution in [2.24, 2.45) is 5.73 Å². The molecule has 0 aliphatic carbocycles. The minimum atomic E-state index is -0.277. The molecular formula is C12H12N2OS. The highest BCUT2D eigenvalue weighted by atomic mass is 32.1. The number of hydrogen-bond acceptors (Lipinski definition) is 3. The summed E-state index contributed by atoms with van der Waals surface area (Å²) in [6.07, 6.45) is 1.48. The quantitative estimate of drug-likeness (QED) is 0.825. The second kappa shape index (κ2) is 4.45. The standard InChI is InChI=1S/C12H12N2OS/c1-8(12(13)16)15-11-6-2-5-10-9(11)4-3-7-14-10/h2-8H,1H3,(H2,13,16). The van der Waals surface area contributed by atoms with Crippen molar-refractivity contribution in [1.29, 1.82) is 0 Å². The number of nitrogens with two attached hydrogens (primary N) is 1. The Balaban J connectivity index is 2.41. The van der Waals surface area contributed by atoms with Gasteiger partial charge in [0.2, 0.25) is 0 Å². The Hall–Kier alpha value is -1.68. The second-order valence-electron chi connectivity index (χ2n) is 3.49. The molecule has 0 fully saturated rings. The van der Waals surface area contributed by atoms with E-state index < -0.39 is 0 Å². The van der Waals surface area contributed by atoms with Crippen LogP contribution in [0.4, 0.5) is 0 Å². The van der Waals surface area contributed by atoms with Crippen LogP contribution in [0.15, 0.2) is 36.5 Å². The van der Waals surface area contributed by atoms with Gasteiger partial charge in [0.05, 0.1) is 5.52 Å². The van der Waals surface area contributed by atoms with E-state index >= 15 is 0 Å². The summed E-state index contributed by atoms with van der Waals surface area (Å²) in [6.45, 7) is 1.83. The van der Waals surface area contributed by atoms with Crippen molar-refractivity contribution < 1.29 is 4.74 Å². The number of rotatable bonds is 3. The van der Waals surface area contributed by atoms with E-state index in [0.29, 0.717) is 4.99 Å². The van der Waals surface area contributed by atoms with Crippen LogP contribution < -0.4 is 10.5 Å². The fourth-order valence-corrected chi connectivity index (χ4v) is 1.47. The molecule has 1 heterocycles. The fourth-order valence-electron chi connectivity index (χ4n) is 1.43. The zero-order valence-electron chi connectivity index (χ0n) is 8.88. The van der Waals surface area contributed by atoms with E-state index in [0.717, 1.165) is 16.7 Å². The van der Waals surface area contributed by atoms with Gasteiger partial charge in [-0.25, -0.2) is 0 Å². The molecule has 2 rings (SSSR count). The molecule has 2 N–H and O–H groups in total. The molecule has 16 heavy (non-hydrogen) atoms. The maximum Gasteiger partial charge on any atom is 0.145 e. The molecule has 3 nitrogen and oxygen atoms in total. The Kier molecular flexibility index (Phi) is 3.01. The zero-order valence-corrected chi connectivity index (χ0v) is 9.70. The van der Waals surface area contributed by atoms with Crippen molar-refractivity contribution in [3.63, 3.8) is 0 Å². The molecule has 0 amide bonds. The van der Waals surface area contributed by atoms with Gasteiger partial charge in [-0.15, -0.1) is 0 Å². The average molecular weight is 232 g/mol.